The first-order valence-electron chi connectivity index (χ1n) is 20.3. The minimum absolute atomic E-state index is 0.0468. The summed E-state index contributed by atoms with van der Waals surface area (Å²) in [7, 11) is 5.16. The van der Waals surface area contributed by atoms with E-state index >= 15 is 0 Å². The molecule has 17 nitrogen and oxygen atoms in total. The first-order chi connectivity index (χ1) is 27.8. The second kappa shape index (κ2) is 18.5. The highest BCUT2D eigenvalue weighted by molar-refractivity contribution is 6.03. The fourth-order valence-electron chi connectivity index (χ4n) is 9.17. The van der Waals surface area contributed by atoms with E-state index in [-0.39, 0.29) is 55.0 Å². The lowest BCUT2D eigenvalue weighted by Crippen LogP contribution is -2.59. The molecule has 3 fully saturated rings. The van der Waals surface area contributed by atoms with Crippen LogP contribution in [0.3, 0.4) is 0 Å². The van der Waals surface area contributed by atoms with Crippen molar-refractivity contribution in [2.45, 2.75) is 129 Å². The number of fused-ring (bicyclic) bond motifs is 1. The number of aliphatic hydroxyl groups excluding tert-OH is 1. The zero-order valence-electron chi connectivity index (χ0n) is 35.9. The summed E-state index contributed by atoms with van der Waals surface area (Å²) in [5.41, 5.74) is 4.30. The number of hydrogen-bond acceptors (Lipinski definition) is 16. The van der Waals surface area contributed by atoms with E-state index in [0.717, 1.165) is 0 Å². The predicted molar refractivity (Wildman–Crippen MR) is 212 cm³/mol. The number of ketones is 2. The first kappa shape index (κ1) is 45.8. The van der Waals surface area contributed by atoms with Crippen molar-refractivity contribution < 1.29 is 57.2 Å². The van der Waals surface area contributed by atoms with Crippen molar-refractivity contribution in [2.75, 3.05) is 21.2 Å². The van der Waals surface area contributed by atoms with Crippen molar-refractivity contribution in [1.29, 1.82) is 0 Å². The fourth-order valence-corrected chi connectivity index (χ4v) is 9.17. The van der Waals surface area contributed by atoms with Crippen molar-refractivity contribution >= 4 is 29.3 Å². The minimum atomic E-state index is -1.58. The van der Waals surface area contributed by atoms with Crippen LogP contribution in [-0.2, 0) is 54.3 Å². The number of rotatable bonds is 10. The number of hydrogen-bond donors (Lipinski definition) is 2. The van der Waals surface area contributed by atoms with Gasteiger partial charge < -0.3 is 48.7 Å². The molecule has 3 saturated heterocycles. The molecule has 3 N–H and O–H groups in total. The molecule has 0 bridgehead atoms. The van der Waals surface area contributed by atoms with Gasteiger partial charge in [-0.05, 0) is 73.2 Å². The van der Waals surface area contributed by atoms with Crippen LogP contribution in [0.2, 0.25) is 0 Å². The molecule has 3 aliphatic rings. The maximum Gasteiger partial charge on any atom is 0.317 e. The summed E-state index contributed by atoms with van der Waals surface area (Å²) in [6.45, 7) is 13.2. The van der Waals surface area contributed by atoms with Crippen LogP contribution in [0, 0.1) is 35.5 Å². The van der Waals surface area contributed by atoms with Crippen molar-refractivity contribution in [3.8, 4) is 11.5 Å². The number of nitrogens with zero attached hydrogens (tertiary/aromatic N) is 4. The van der Waals surface area contributed by atoms with E-state index in [4.69, 9.17) is 38.7 Å². The molecule has 0 saturated carbocycles. The molecular formula is C42H61N5O12. The second-order valence-corrected chi connectivity index (χ2v) is 17.0. The van der Waals surface area contributed by atoms with E-state index in [9.17, 15) is 24.3 Å². The van der Waals surface area contributed by atoms with Gasteiger partial charge in [-0.15, -0.1) is 10.2 Å². The molecule has 3 aliphatic heterocycles. The topological polar surface area (TPSA) is 224 Å². The number of cyclic esters (lactones) is 1. The Balaban J connectivity index is 1.49. The van der Waals surface area contributed by atoms with Crippen LogP contribution in [0.5, 0.6) is 0 Å². The normalized spacial score (nSPS) is 37.7. The molecule has 4 heterocycles. The number of carbonyl (C=O) groups excluding carboxylic acids is 4. The average Bonchev–Trinajstić information content (AvgIpc) is 3.79. The molecule has 14 atom stereocenters. The number of benzene rings is 1. The van der Waals surface area contributed by atoms with Gasteiger partial charge in [-0.3, -0.25) is 19.2 Å². The van der Waals surface area contributed by atoms with Gasteiger partial charge in [0.2, 0.25) is 5.89 Å². The average molecular weight is 828 g/mol. The van der Waals surface area contributed by atoms with E-state index in [1.54, 1.807) is 41.5 Å². The molecule has 1 aromatic heterocycles. The number of methoxy groups -OCH3 is 1. The predicted octanol–water partition coefficient (Wildman–Crippen LogP) is 3.70. The highest BCUT2D eigenvalue weighted by Gasteiger charge is 2.62. The van der Waals surface area contributed by atoms with Gasteiger partial charge in [0, 0.05) is 42.4 Å². The van der Waals surface area contributed by atoms with Crippen LogP contribution in [0.1, 0.15) is 80.5 Å². The van der Waals surface area contributed by atoms with Gasteiger partial charge in [-0.1, -0.05) is 51.0 Å². The number of ether oxygens (including phenoxy) is 5. The zero-order valence-corrected chi connectivity index (χ0v) is 35.9. The third-order valence-electron chi connectivity index (χ3n) is 12.5. The quantitative estimate of drug-likeness (QED) is 0.115. The summed E-state index contributed by atoms with van der Waals surface area (Å²) >= 11 is 0. The molecule has 1 aromatic carbocycles. The largest absolute Gasteiger partial charge is 0.458 e. The van der Waals surface area contributed by atoms with Gasteiger partial charge in [0.1, 0.15) is 29.8 Å². The molecule has 2 aromatic rings. The molecule has 17 heteroatoms. The van der Waals surface area contributed by atoms with Gasteiger partial charge in [-0.2, -0.15) is 0 Å². The summed E-state index contributed by atoms with van der Waals surface area (Å²) < 4.78 is 36.7. The Morgan fingerprint density at radius 2 is 1.68 bits per heavy atom. The molecule has 5 rings (SSSR count). The Bertz CT molecular complexity index is 1840. The number of esters is 2. The van der Waals surface area contributed by atoms with E-state index in [1.165, 1.54) is 14.0 Å². The fraction of sp³-hybridized carbons (Fsp3) is 0.690. The molecule has 6 unspecified atom stereocenters. The Kier molecular flexibility index (Phi) is 14.4. The van der Waals surface area contributed by atoms with E-state index in [0.29, 0.717) is 12.0 Å². The van der Waals surface area contributed by atoms with Gasteiger partial charge in [0.15, 0.2) is 30.1 Å². The molecule has 59 heavy (non-hydrogen) atoms. The summed E-state index contributed by atoms with van der Waals surface area (Å²) in [6, 6.07) is 8.84. The van der Waals surface area contributed by atoms with Crippen LogP contribution >= 0.6 is 0 Å². The number of amidine groups is 1. The zero-order chi connectivity index (χ0) is 43.6. The maximum absolute atomic E-state index is 14.7. The summed E-state index contributed by atoms with van der Waals surface area (Å²) in [4.78, 5) is 64.3. The molecule has 326 valence electrons. The van der Waals surface area contributed by atoms with E-state index < -0.39 is 89.0 Å². The molecule has 0 aliphatic carbocycles. The van der Waals surface area contributed by atoms with Gasteiger partial charge >= 0.3 is 11.9 Å². The van der Waals surface area contributed by atoms with E-state index in [2.05, 4.69) is 15.4 Å². The number of aromatic nitrogens is 2. The minimum Gasteiger partial charge on any atom is -0.458 e. The number of carbonyl (C=O) groups is 4. The lowest BCUT2D eigenvalue weighted by atomic mass is 9.67. The molecule has 0 radical (unpaired) electrons. The Labute approximate surface area is 345 Å². The van der Waals surface area contributed by atoms with Gasteiger partial charge in [0.25, 0.3) is 5.89 Å². The van der Waals surface area contributed by atoms with Crippen LogP contribution < -0.4 is 5.73 Å². The van der Waals surface area contributed by atoms with Crippen molar-refractivity contribution in [1.82, 2.24) is 15.1 Å². The monoisotopic (exact) mass is 827 g/mol. The lowest BCUT2D eigenvalue weighted by molar-refractivity contribution is -0.295. The molecule has 0 amide bonds. The Morgan fingerprint density at radius 1 is 1.00 bits per heavy atom. The Morgan fingerprint density at radius 3 is 2.31 bits per heavy atom. The van der Waals surface area contributed by atoms with Gasteiger partial charge in [0.05, 0.1) is 17.8 Å². The Hall–Kier alpha value is -4.29. The van der Waals surface area contributed by atoms with Crippen LogP contribution in [0.25, 0.3) is 11.5 Å². The number of nitrogens with two attached hydrogens (primary N) is 1. The number of Topliss-reactive ketones (excluding diaryl/α,β-unsaturated/α-hetero) is 2. The summed E-state index contributed by atoms with van der Waals surface area (Å²) in [5, 5.41) is 23.5. The highest BCUT2D eigenvalue weighted by Crippen LogP contribution is 2.48. The highest BCUT2D eigenvalue weighted by atomic mass is 16.7. The lowest BCUT2D eigenvalue weighted by Gasteiger charge is -2.47. The van der Waals surface area contributed by atoms with Crippen LogP contribution in [0.15, 0.2) is 39.9 Å². The van der Waals surface area contributed by atoms with Crippen LogP contribution in [0.4, 0.5) is 0 Å². The summed E-state index contributed by atoms with van der Waals surface area (Å²) in [5.74, 6) is -8.60. The molecular weight excluding hydrogens is 766 g/mol. The second-order valence-electron chi connectivity index (χ2n) is 17.0. The number of oxime groups is 1. The van der Waals surface area contributed by atoms with Crippen molar-refractivity contribution in [2.24, 2.45) is 46.4 Å². The standard InChI is InChI=1S/C42H61N5O12/c1-12-28-42(8)31(30(39(52)59-42)36(43)46-54-20-29-44-45-37(57-29)26-16-14-13-15-17-26)23(4)32(48)21(2)19-41(7,53-11)35(24(5)33(49)25(6)38(51)56-28)58-40-34(50)27(47(9)10)18-22(3)55-40/h13-17,21-25,27-28,30-31,34-35,40,50H,12,18-20H2,1-11H3,(H2,43,46)/t21-,22?,23-,24+,25-,27?,28-,30?,31?,34?,35-,40?,41+,42-/m1/s1. The van der Waals surface area contributed by atoms with Crippen molar-refractivity contribution in [3.05, 3.63) is 36.2 Å². The smallest absolute Gasteiger partial charge is 0.317 e. The van der Waals surface area contributed by atoms with Crippen LogP contribution in [-0.4, -0.2) is 119 Å². The first-order valence-corrected chi connectivity index (χ1v) is 20.3. The maximum atomic E-state index is 14.7. The van der Waals surface area contributed by atoms with Gasteiger partial charge in [-0.25, -0.2) is 0 Å². The third kappa shape index (κ3) is 9.38. The van der Waals surface area contributed by atoms with Crippen molar-refractivity contribution in [3.63, 3.8) is 0 Å². The number of likely N-dealkylation sites (N-methyl/N-ethyl adjacent to an activating group) is 1. The van der Waals surface area contributed by atoms with E-state index in [1.807, 2.05) is 56.3 Å². The molecule has 0 spiro atoms. The third-order valence-corrected chi connectivity index (χ3v) is 12.5. The SMILES string of the molecule is CC[C@H]1OC(=O)[C@H](C)C(=O)[C@H](C)[C@@H](OC2OC(C)CC(N(C)C)C2O)[C@@](C)(OC)C[C@@H](C)C(=O)[C@H](C)C2C(/C(N)=N\OCc3nnc(-c4ccccc4)o3)C(=O)O[C@@]21C. The summed E-state index contributed by atoms with van der Waals surface area (Å²) in [6.07, 6.45) is -3.98. The number of aliphatic hydroxyl groups is 1.